The molecule has 1 aromatic carbocycles. The number of aromatic hydroxyl groups is 1. The summed E-state index contributed by atoms with van der Waals surface area (Å²) in [5.74, 6) is 0.798. The Hall–Kier alpha value is -2.07. The third kappa shape index (κ3) is 2.37. The van der Waals surface area contributed by atoms with Crippen molar-refractivity contribution in [2.75, 3.05) is 7.11 Å². The molecule has 2 rings (SSSR count). The lowest BCUT2D eigenvalue weighted by Crippen LogP contribution is -1.90. The van der Waals surface area contributed by atoms with Gasteiger partial charge in [0, 0.05) is 17.8 Å². The molecule has 0 aliphatic heterocycles. The zero-order valence-electron chi connectivity index (χ0n) is 9.42. The Morgan fingerprint density at radius 2 is 2.06 bits per heavy atom. The lowest BCUT2D eigenvalue weighted by molar-refractivity contribution is 0.282. The zero-order chi connectivity index (χ0) is 12.3. The van der Waals surface area contributed by atoms with Gasteiger partial charge in [0.1, 0.15) is 11.5 Å². The summed E-state index contributed by atoms with van der Waals surface area (Å²) < 4.78 is 5.10. The van der Waals surface area contributed by atoms with Crippen LogP contribution in [0.2, 0.25) is 0 Å². The van der Waals surface area contributed by atoms with Crippen LogP contribution in [0.25, 0.3) is 11.3 Å². The summed E-state index contributed by atoms with van der Waals surface area (Å²) in [4.78, 5) is 4.17. The second-order valence-corrected chi connectivity index (χ2v) is 3.59. The standard InChI is InChI=1S/C13H13NO3/c1-17-10-4-5-14-12(7-10)11-6-9(8-15)2-3-13(11)16/h2-7,15-16H,8H2,1H3. The Kier molecular flexibility index (Phi) is 3.25. The van der Waals surface area contributed by atoms with E-state index in [2.05, 4.69) is 4.98 Å². The molecular formula is C13H13NO3. The van der Waals surface area contributed by atoms with E-state index in [1.807, 2.05) is 0 Å². The molecule has 1 aromatic heterocycles. The third-order valence-electron chi connectivity index (χ3n) is 2.49. The number of hydrogen-bond donors (Lipinski definition) is 2. The number of aromatic nitrogens is 1. The van der Waals surface area contributed by atoms with Crippen molar-refractivity contribution in [1.29, 1.82) is 0 Å². The van der Waals surface area contributed by atoms with E-state index >= 15 is 0 Å². The van der Waals surface area contributed by atoms with E-state index in [0.29, 0.717) is 17.0 Å². The second-order valence-electron chi connectivity index (χ2n) is 3.59. The molecule has 2 N–H and O–H groups in total. The van der Waals surface area contributed by atoms with E-state index in [1.165, 1.54) is 0 Å². The van der Waals surface area contributed by atoms with Gasteiger partial charge in [0.2, 0.25) is 0 Å². The molecule has 0 aliphatic carbocycles. The van der Waals surface area contributed by atoms with Gasteiger partial charge in [0.15, 0.2) is 0 Å². The summed E-state index contributed by atoms with van der Waals surface area (Å²) in [5.41, 5.74) is 1.91. The number of phenols is 1. The predicted octanol–water partition coefficient (Wildman–Crippen LogP) is 1.96. The van der Waals surface area contributed by atoms with Gasteiger partial charge in [0.05, 0.1) is 19.4 Å². The van der Waals surface area contributed by atoms with E-state index < -0.39 is 0 Å². The van der Waals surface area contributed by atoms with Crippen LogP contribution in [-0.4, -0.2) is 22.3 Å². The Morgan fingerprint density at radius 1 is 1.24 bits per heavy atom. The molecule has 88 valence electrons. The van der Waals surface area contributed by atoms with E-state index in [0.717, 1.165) is 5.56 Å². The molecule has 0 amide bonds. The maximum absolute atomic E-state index is 9.79. The van der Waals surface area contributed by atoms with Crippen molar-refractivity contribution in [1.82, 2.24) is 4.98 Å². The molecule has 17 heavy (non-hydrogen) atoms. The van der Waals surface area contributed by atoms with Gasteiger partial charge >= 0.3 is 0 Å². The number of hydrogen-bond acceptors (Lipinski definition) is 4. The van der Waals surface area contributed by atoms with Crippen LogP contribution < -0.4 is 4.74 Å². The first kappa shape index (κ1) is 11.4. The van der Waals surface area contributed by atoms with Crippen LogP contribution in [-0.2, 0) is 6.61 Å². The van der Waals surface area contributed by atoms with Crippen molar-refractivity contribution < 1.29 is 14.9 Å². The molecule has 4 heteroatoms. The molecule has 4 nitrogen and oxygen atoms in total. The van der Waals surface area contributed by atoms with Crippen LogP contribution >= 0.6 is 0 Å². The van der Waals surface area contributed by atoms with Crippen LogP contribution in [0.1, 0.15) is 5.56 Å². The van der Waals surface area contributed by atoms with Crippen LogP contribution in [0, 0.1) is 0 Å². The molecule has 0 bridgehead atoms. The fourth-order valence-electron chi connectivity index (χ4n) is 1.57. The van der Waals surface area contributed by atoms with Crippen molar-refractivity contribution in [3.05, 3.63) is 42.1 Å². The maximum atomic E-state index is 9.79. The predicted molar refractivity (Wildman–Crippen MR) is 63.8 cm³/mol. The zero-order valence-corrected chi connectivity index (χ0v) is 9.42. The number of pyridine rings is 1. The number of aliphatic hydroxyl groups is 1. The Balaban J connectivity index is 2.50. The molecule has 0 fully saturated rings. The minimum absolute atomic E-state index is 0.0722. The first-order chi connectivity index (χ1) is 8.24. The Morgan fingerprint density at radius 3 is 2.76 bits per heavy atom. The van der Waals surface area contributed by atoms with E-state index in [9.17, 15) is 5.11 Å². The van der Waals surface area contributed by atoms with Crippen LogP contribution in [0.4, 0.5) is 0 Å². The summed E-state index contributed by atoms with van der Waals surface area (Å²) >= 11 is 0. The van der Waals surface area contributed by atoms with Crippen LogP contribution in [0.15, 0.2) is 36.5 Å². The lowest BCUT2D eigenvalue weighted by atomic mass is 10.1. The fourth-order valence-corrected chi connectivity index (χ4v) is 1.57. The molecule has 0 spiro atoms. The van der Waals surface area contributed by atoms with Gasteiger partial charge in [-0.3, -0.25) is 4.98 Å². The van der Waals surface area contributed by atoms with Crippen molar-refractivity contribution in [2.24, 2.45) is 0 Å². The number of phenolic OH excluding ortho intramolecular Hbond substituents is 1. The topological polar surface area (TPSA) is 62.6 Å². The van der Waals surface area contributed by atoms with Crippen LogP contribution in [0.5, 0.6) is 11.5 Å². The molecular weight excluding hydrogens is 218 g/mol. The van der Waals surface area contributed by atoms with Gasteiger partial charge in [-0.15, -0.1) is 0 Å². The molecule has 1 heterocycles. The summed E-state index contributed by atoms with van der Waals surface area (Å²) in [5, 5.41) is 18.9. The van der Waals surface area contributed by atoms with Gasteiger partial charge in [-0.05, 0) is 23.8 Å². The van der Waals surface area contributed by atoms with Gasteiger partial charge in [-0.25, -0.2) is 0 Å². The van der Waals surface area contributed by atoms with Gasteiger partial charge in [0.25, 0.3) is 0 Å². The first-order valence-corrected chi connectivity index (χ1v) is 5.17. The summed E-state index contributed by atoms with van der Waals surface area (Å²) in [6.07, 6.45) is 1.61. The summed E-state index contributed by atoms with van der Waals surface area (Å²) in [6, 6.07) is 8.38. The second kappa shape index (κ2) is 4.84. The third-order valence-corrected chi connectivity index (χ3v) is 2.49. The smallest absolute Gasteiger partial charge is 0.124 e. The van der Waals surface area contributed by atoms with Crippen LogP contribution in [0.3, 0.4) is 0 Å². The van der Waals surface area contributed by atoms with E-state index in [-0.39, 0.29) is 12.4 Å². The highest BCUT2D eigenvalue weighted by Gasteiger charge is 2.07. The maximum Gasteiger partial charge on any atom is 0.124 e. The molecule has 0 saturated heterocycles. The molecule has 0 atom stereocenters. The SMILES string of the molecule is COc1ccnc(-c2cc(CO)ccc2O)c1. The average Bonchev–Trinajstić information content (AvgIpc) is 2.39. The normalized spacial score (nSPS) is 10.2. The van der Waals surface area contributed by atoms with Crippen molar-refractivity contribution in [2.45, 2.75) is 6.61 Å². The van der Waals surface area contributed by atoms with Crippen molar-refractivity contribution in [3.8, 4) is 22.8 Å². The van der Waals surface area contributed by atoms with Crippen molar-refractivity contribution >= 4 is 0 Å². The molecule has 0 unspecified atom stereocenters. The number of nitrogens with zero attached hydrogens (tertiary/aromatic N) is 1. The monoisotopic (exact) mass is 231 g/mol. The molecule has 0 saturated carbocycles. The Labute approximate surface area is 99.1 Å². The number of ether oxygens (including phenoxy) is 1. The largest absolute Gasteiger partial charge is 0.507 e. The molecule has 2 aromatic rings. The van der Waals surface area contributed by atoms with E-state index in [1.54, 1.807) is 43.6 Å². The average molecular weight is 231 g/mol. The summed E-state index contributed by atoms with van der Waals surface area (Å²) in [6.45, 7) is -0.0722. The van der Waals surface area contributed by atoms with Gasteiger partial charge < -0.3 is 14.9 Å². The highest BCUT2D eigenvalue weighted by molar-refractivity contribution is 5.68. The first-order valence-electron chi connectivity index (χ1n) is 5.17. The number of rotatable bonds is 3. The number of aliphatic hydroxyl groups excluding tert-OH is 1. The number of benzene rings is 1. The number of methoxy groups -OCH3 is 1. The quantitative estimate of drug-likeness (QED) is 0.847. The summed E-state index contributed by atoms with van der Waals surface area (Å²) in [7, 11) is 1.57. The minimum Gasteiger partial charge on any atom is -0.507 e. The minimum atomic E-state index is -0.0722. The van der Waals surface area contributed by atoms with Crippen molar-refractivity contribution in [3.63, 3.8) is 0 Å². The Bertz CT molecular complexity index is 526. The van der Waals surface area contributed by atoms with Gasteiger partial charge in [-0.1, -0.05) is 6.07 Å². The van der Waals surface area contributed by atoms with Gasteiger partial charge in [-0.2, -0.15) is 0 Å². The molecule has 0 radical (unpaired) electrons. The highest BCUT2D eigenvalue weighted by atomic mass is 16.5. The fraction of sp³-hybridized carbons (Fsp3) is 0.154. The lowest BCUT2D eigenvalue weighted by Gasteiger charge is -2.07. The molecule has 0 aliphatic rings. The van der Waals surface area contributed by atoms with E-state index in [4.69, 9.17) is 9.84 Å². The highest BCUT2D eigenvalue weighted by Crippen LogP contribution is 2.30.